The van der Waals surface area contributed by atoms with E-state index in [2.05, 4.69) is 16.2 Å². The maximum atomic E-state index is 13.3. The number of nitrogens with one attached hydrogen (secondary N) is 1. The van der Waals surface area contributed by atoms with Crippen LogP contribution in [0.5, 0.6) is 0 Å². The van der Waals surface area contributed by atoms with Crippen molar-refractivity contribution in [2.45, 2.75) is 25.5 Å². The Balaban J connectivity index is 2.06. The summed E-state index contributed by atoms with van der Waals surface area (Å²) in [6, 6.07) is 6.09. The number of hydrogen-bond donors (Lipinski definition) is 1. The molecule has 2 aromatic heterocycles. The van der Waals surface area contributed by atoms with E-state index in [-0.39, 0.29) is 29.6 Å². The Morgan fingerprint density at radius 1 is 1.39 bits per heavy atom. The fourth-order valence-electron chi connectivity index (χ4n) is 2.86. The second kappa shape index (κ2) is 8.59. The van der Waals surface area contributed by atoms with Gasteiger partial charge >= 0.3 is 0 Å². The van der Waals surface area contributed by atoms with E-state index in [4.69, 9.17) is 6.42 Å². The number of nitrogens with zero attached hydrogens (tertiary/aromatic N) is 2. The molecular formula is C20H18FN3O2S2. The average Bonchev–Trinajstić information content (AvgIpc) is 3.01. The normalized spacial score (nSPS) is 10.8. The molecule has 0 atom stereocenters. The van der Waals surface area contributed by atoms with E-state index in [1.54, 1.807) is 16.7 Å². The molecule has 0 radical (unpaired) electrons. The predicted octanol–water partition coefficient (Wildman–Crippen LogP) is 3.43. The van der Waals surface area contributed by atoms with Crippen molar-refractivity contribution in [2.75, 3.05) is 12.3 Å². The minimum absolute atomic E-state index is 0.120. The summed E-state index contributed by atoms with van der Waals surface area (Å²) in [5.41, 5.74) is 1.39. The summed E-state index contributed by atoms with van der Waals surface area (Å²) >= 11 is 2.62. The predicted molar refractivity (Wildman–Crippen MR) is 112 cm³/mol. The van der Waals surface area contributed by atoms with Crippen molar-refractivity contribution in [1.82, 2.24) is 14.9 Å². The van der Waals surface area contributed by atoms with Gasteiger partial charge in [-0.1, -0.05) is 29.8 Å². The SMILES string of the molecule is C#CCNC(=O)CSc1nc2sc(C)c(-c3ccc(F)cc3)c2c(=O)n1CC. The zero-order chi connectivity index (χ0) is 20.3. The smallest absolute Gasteiger partial charge is 0.263 e. The Morgan fingerprint density at radius 3 is 2.75 bits per heavy atom. The molecule has 1 aromatic carbocycles. The highest BCUT2D eigenvalue weighted by Crippen LogP contribution is 2.36. The standard InChI is InChI=1S/C20H18FN3O2S2/c1-4-10-22-15(25)11-27-20-23-18-17(19(26)24(20)5-2)16(12(3)28-18)13-6-8-14(21)9-7-13/h1,6-9H,5,10-11H2,2-3H3,(H,22,25). The Kier molecular flexibility index (Phi) is 6.17. The van der Waals surface area contributed by atoms with Crippen molar-refractivity contribution in [3.05, 3.63) is 45.3 Å². The highest BCUT2D eigenvalue weighted by molar-refractivity contribution is 7.99. The van der Waals surface area contributed by atoms with Gasteiger partial charge in [0, 0.05) is 17.0 Å². The molecule has 1 amide bonds. The third-order valence-corrected chi connectivity index (χ3v) is 6.10. The number of carbonyl (C=O) groups is 1. The molecule has 28 heavy (non-hydrogen) atoms. The molecule has 0 saturated carbocycles. The van der Waals surface area contributed by atoms with E-state index in [0.717, 1.165) is 16.0 Å². The summed E-state index contributed by atoms with van der Waals surface area (Å²) < 4.78 is 14.9. The lowest BCUT2D eigenvalue weighted by Gasteiger charge is -2.10. The van der Waals surface area contributed by atoms with Crippen molar-refractivity contribution in [3.8, 4) is 23.5 Å². The van der Waals surface area contributed by atoms with Gasteiger partial charge in [0.25, 0.3) is 5.56 Å². The number of halogens is 1. The molecule has 0 bridgehead atoms. The van der Waals surface area contributed by atoms with Crippen LogP contribution in [0.4, 0.5) is 4.39 Å². The van der Waals surface area contributed by atoms with Crippen LogP contribution in [-0.4, -0.2) is 27.8 Å². The van der Waals surface area contributed by atoms with Crippen LogP contribution in [0.15, 0.2) is 34.2 Å². The van der Waals surface area contributed by atoms with E-state index in [0.29, 0.717) is 21.9 Å². The van der Waals surface area contributed by atoms with E-state index in [1.165, 1.54) is 35.2 Å². The summed E-state index contributed by atoms with van der Waals surface area (Å²) in [4.78, 5) is 31.2. The minimum atomic E-state index is -0.327. The van der Waals surface area contributed by atoms with Crippen LogP contribution in [0.3, 0.4) is 0 Å². The van der Waals surface area contributed by atoms with Gasteiger partial charge in [-0.25, -0.2) is 9.37 Å². The summed E-state index contributed by atoms with van der Waals surface area (Å²) in [5, 5.41) is 3.61. The average molecular weight is 416 g/mol. The Morgan fingerprint density at radius 2 is 2.11 bits per heavy atom. The number of aryl methyl sites for hydroxylation is 1. The number of aromatic nitrogens is 2. The summed E-state index contributed by atoms with van der Waals surface area (Å²) in [6.07, 6.45) is 5.14. The minimum Gasteiger partial charge on any atom is -0.344 e. The zero-order valence-corrected chi connectivity index (χ0v) is 17.0. The van der Waals surface area contributed by atoms with Crippen LogP contribution in [0.1, 0.15) is 11.8 Å². The fourth-order valence-corrected chi connectivity index (χ4v) is 4.84. The number of thiophene rings is 1. The van der Waals surface area contributed by atoms with Crippen LogP contribution in [-0.2, 0) is 11.3 Å². The van der Waals surface area contributed by atoms with Gasteiger partial charge < -0.3 is 5.32 Å². The first-order valence-corrected chi connectivity index (χ1v) is 10.4. The number of amides is 1. The van der Waals surface area contributed by atoms with E-state index in [9.17, 15) is 14.0 Å². The number of terminal acetylenes is 1. The molecule has 8 heteroatoms. The van der Waals surface area contributed by atoms with Gasteiger partial charge in [0.15, 0.2) is 5.16 Å². The molecule has 144 valence electrons. The number of carbonyl (C=O) groups excluding carboxylic acids is 1. The molecule has 1 N–H and O–H groups in total. The summed E-state index contributed by atoms with van der Waals surface area (Å²) in [6.45, 7) is 4.36. The molecule has 0 spiro atoms. The van der Waals surface area contributed by atoms with Gasteiger partial charge in [0.2, 0.25) is 5.91 Å². The number of rotatable bonds is 6. The van der Waals surface area contributed by atoms with E-state index in [1.807, 2.05) is 13.8 Å². The maximum Gasteiger partial charge on any atom is 0.263 e. The molecule has 2 heterocycles. The Hall–Kier alpha value is -2.63. The topological polar surface area (TPSA) is 64.0 Å². The lowest BCUT2D eigenvalue weighted by Crippen LogP contribution is -2.27. The highest BCUT2D eigenvalue weighted by Gasteiger charge is 2.20. The van der Waals surface area contributed by atoms with E-state index < -0.39 is 0 Å². The highest BCUT2D eigenvalue weighted by atomic mass is 32.2. The van der Waals surface area contributed by atoms with Crippen molar-refractivity contribution in [2.24, 2.45) is 0 Å². The number of hydrogen-bond acceptors (Lipinski definition) is 5. The van der Waals surface area contributed by atoms with Crippen molar-refractivity contribution < 1.29 is 9.18 Å². The van der Waals surface area contributed by atoms with Crippen LogP contribution < -0.4 is 10.9 Å². The van der Waals surface area contributed by atoms with Crippen LogP contribution >= 0.6 is 23.1 Å². The first-order valence-electron chi connectivity index (χ1n) is 8.59. The lowest BCUT2D eigenvalue weighted by atomic mass is 10.0. The monoisotopic (exact) mass is 415 g/mol. The maximum absolute atomic E-state index is 13.3. The first kappa shape index (κ1) is 20.1. The molecule has 0 unspecified atom stereocenters. The zero-order valence-electron chi connectivity index (χ0n) is 15.4. The number of benzene rings is 1. The Labute approximate surface area is 170 Å². The van der Waals surface area contributed by atoms with Crippen LogP contribution in [0.25, 0.3) is 21.3 Å². The van der Waals surface area contributed by atoms with Crippen LogP contribution in [0, 0.1) is 25.1 Å². The first-order chi connectivity index (χ1) is 13.5. The van der Waals surface area contributed by atoms with Gasteiger partial charge in [-0.05, 0) is 31.5 Å². The summed E-state index contributed by atoms with van der Waals surface area (Å²) in [5.74, 6) is 1.93. The molecule has 0 aliphatic carbocycles. The second-order valence-electron chi connectivity index (χ2n) is 5.93. The van der Waals surface area contributed by atoms with Crippen molar-refractivity contribution >= 4 is 39.2 Å². The van der Waals surface area contributed by atoms with Crippen molar-refractivity contribution in [3.63, 3.8) is 0 Å². The van der Waals surface area contributed by atoms with Gasteiger partial charge in [0.1, 0.15) is 10.6 Å². The van der Waals surface area contributed by atoms with E-state index >= 15 is 0 Å². The second-order valence-corrected chi connectivity index (χ2v) is 8.08. The lowest BCUT2D eigenvalue weighted by molar-refractivity contribution is -0.118. The van der Waals surface area contributed by atoms with Crippen LogP contribution in [0.2, 0.25) is 0 Å². The molecule has 0 fully saturated rings. The molecule has 0 saturated heterocycles. The molecular weight excluding hydrogens is 397 g/mol. The Bertz CT molecular complexity index is 1130. The number of fused-ring (bicyclic) bond motifs is 1. The summed E-state index contributed by atoms with van der Waals surface area (Å²) in [7, 11) is 0. The fraction of sp³-hybridized carbons (Fsp3) is 0.250. The largest absolute Gasteiger partial charge is 0.344 e. The molecule has 3 aromatic rings. The quantitative estimate of drug-likeness (QED) is 0.381. The van der Waals surface area contributed by atoms with Gasteiger partial charge in [-0.2, -0.15) is 0 Å². The van der Waals surface area contributed by atoms with Gasteiger partial charge in [0.05, 0.1) is 17.7 Å². The van der Waals surface area contributed by atoms with Crippen molar-refractivity contribution in [1.29, 1.82) is 0 Å². The van der Waals surface area contributed by atoms with Gasteiger partial charge in [-0.3, -0.25) is 14.2 Å². The molecule has 5 nitrogen and oxygen atoms in total. The molecule has 0 aliphatic rings. The third-order valence-electron chi connectivity index (χ3n) is 4.12. The molecule has 3 rings (SSSR count). The molecule has 0 aliphatic heterocycles. The third kappa shape index (κ3) is 3.96. The number of thioether (sulfide) groups is 1. The van der Waals surface area contributed by atoms with Gasteiger partial charge in [-0.15, -0.1) is 17.8 Å².